The fourth-order valence-corrected chi connectivity index (χ4v) is 8.84. The first-order chi connectivity index (χ1) is 12.9. The van der Waals surface area contributed by atoms with Gasteiger partial charge in [-0.05, 0) is 15.4 Å². The van der Waals surface area contributed by atoms with Crippen molar-refractivity contribution in [2.24, 2.45) is 5.73 Å². The van der Waals surface area contributed by atoms with Crippen molar-refractivity contribution < 1.29 is 14.3 Å². The lowest BCUT2D eigenvalue weighted by atomic mass is 10.1. The van der Waals surface area contributed by atoms with E-state index in [0.29, 0.717) is 19.4 Å². The van der Waals surface area contributed by atoms with Crippen LogP contribution in [0.1, 0.15) is 33.6 Å². The van der Waals surface area contributed by atoms with E-state index in [1.165, 1.54) is 10.4 Å². The van der Waals surface area contributed by atoms with Gasteiger partial charge in [-0.2, -0.15) is 0 Å². The van der Waals surface area contributed by atoms with Crippen LogP contribution in [0.3, 0.4) is 0 Å². The van der Waals surface area contributed by atoms with Crippen LogP contribution in [0.2, 0.25) is 5.04 Å². The molecule has 4 nitrogen and oxygen atoms in total. The third-order valence-electron chi connectivity index (χ3n) is 5.36. The highest BCUT2D eigenvalue weighted by Crippen LogP contribution is 2.39. The molecule has 3 atom stereocenters. The van der Waals surface area contributed by atoms with Crippen LogP contribution in [0, 0.1) is 0 Å². The molecule has 1 saturated heterocycles. The number of nitrogens with two attached hydrogens (primary N) is 1. The molecule has 27 heavy (non-hydrogen) atoms. The van der Waals surface area contributed by atoms with Crippen LogP contribution in [-0.2, 0) is 9.16 Å². The predicted octanol–water partition coefficient (Wildman–Crippen LogP) is 2.39. The van der Waals surface area contributed by atoms with Gasteiger partial charge in [0, 0.05) is 19.4 Å². The summed E-state index contributed by atoms with van der Waals surface area (Å²) in [5.74, 6) is 0. The minimum atomic E-state index is -2.62. The van der Waals surface area contributed by atoms with Gasteiger partial charge in [-0.1, -0.05) is 81.4 Å². The lowest BCUT2D eigenvalue weighted by Crippen LogP contribution is -2.68. The van der Waals surface area contributed by atoms with Crippen molar-refractivity contribution in [1.29, 1.82) is 0 Å². The summed E-state index contributed by atoms with van der Waals surface area (Å²) < 4.78 is 12.6. The summed E-state index contributed by atoms with van der Waals surface area (Å²) in [6.45, 7) is 7.16. The van der Waals surface area contributed by atoms with Crippen molar-refractivity contribution in [3.8, 4) is 0 Å². The molecule has 5 heteroatoms. The minimum Gasteiger partial charge on any atom is -0.404 e. The van der Waals surface area contributed by atoms with E-state index in [4.69, 9.17) is 14.9 Å². The Morgan fingerprint density at radius 1 is 1.00 bits per heavy atom. The minimum absolute atomic E-state index is 0.0861. The van der Waals surface area contributed by atoms with E-state index in [2.05, 4.69) is 69.3 Å². The molecule has 0 saturated carbocycles. The summed E-state index contributed by atoms with van der Waals surface area (Å²) in [5.41, 5.74) is 5.82. The quantitative estimate of drug-likeness (QED) is 0.776. The van der Waals surface area contributed by atoms with Crippen molar-refractivity contribution in [2.75, 3.05) is 6.54 Å². The summed E-state index contributed by atoms with van der Waals surface area (Å²) in [7, 11) is -2.62. The van der Waals surface area contributed by atoms with Gasteiger partial charge in [-0.3, -0.25) is 0 Å². The highest BCUT2D eigenvalue weighted by molar-refractivity contribution is 6.99. The molecule has 3 N–H and O–H groups in total. The molecular formula is C22H31NO3Si. The Hall–Kier alpha value is -1.50. The van der Waals surface area contributed by atoms with Gasteiger partial charge in [0.15, 0.2) is 6.29 Å². The Morgan fingerprint density at radius 3 is 1.96 bits per heavy atom. The maximum absolute atomic E-state index is 10.2. The smallest absolute Gasteiger partial charge is 0.261 e. The van der Waals surface area contributed by atoms with E-state index >= 15 is 0 Å². The average Bonchev–Trinajstić information content (AvgIpc) is 2.66. The monoisotopic (exact) mass is 385 g/mol. The normalized spacial score (nSPS) is 24.0. The molecule has 3 rings (SSSR count). The van der Waals surface area contributed by atoms with E-state index in [1.807, 2.05) is 12.1 Å². The van der Waals surface area contributed by atoms with Gasteiger partial charge in [0.2, 0.25) is 0 Å². The summed E-state index contributed by atoms with van der Waals surface area (Å²) in [4.78, 5) is 0. The van der Waals surface area contributed by atoms with Crippen LogP contribution in [0.25, 0.3) is 0 Å². The van der Waals surface area contributed by atoms with E-state index < -0.39 is 14.6 Å². The van der Waals surface area contributed by atoms with Gasteiger partial charge in [0.05, 0.1) is 12.2 Å². The Morgan fingerprint density at radius 2 is 1.52 bits per heavy atom. The van der Waals surface area contributed by atoms with E-state index in [9.17, 15) is 5.11 Å². The van der Waals surface area contributed by atoms with Gasteiger partial charge in [-0.15, -0.1) is 0 Å². The molecule has 0 aliphatic carbocycles. The number of hydrogen-bond donors (Lipinski definition) is 2. The van der Waals surface area contributed by atoms with Crippen LogP contribution in [0.4, 0.5) is 0 Å². The fourth-order valence-electron chi connectivity index (χ4n) is 4.14. The number of aliphatic hydroxyl groups is 1. The molecule has 0 amide bonds. The molecule has 0 unspecified atom stereocenters. The molecule has 0 spiro atoms. The predicted molar refractivity (Wildman–Crippen MR) is 112 cm³/mol. The van der Waals surface area contributed by atoms with Gasteiger partial charge in [-0.25, -0.2) is 0 Å². The highest BCUT2D eigenvalue weighted by atomic mass is 28.4. The van der Waals surface area contributed by atoms with Crippen molar-refractivity contribution >= 4 is 18.7 Å². The van der Waals surface area contributed by atoms with E-state index in [0.717, 1.165) is 0 Å². The van der Waals surface area contributed by atoms with Crippen molar-refractivity contribution in [1.82, 2.24) is 0 Å². The Kier molecular flexibility index (Phi) is 6.18. The van der Waals surface area contributed by atoms with E-state index in [-0.39, 0.29) is 17.2 Å². The zero-order chi connectivity index (χ0) is 19.5. The molecule has 0 radical (unpaired) electrons. The van der Waals surface area contributed by atoms with Crippen LogP contribution in [0.15, 0.2) is 60.7 Å². The second-order valence-electron chi connectivity index (χ2n) is 8.32. The molecule has 1 fully saturated rings. The SMILES string of the molecule is CC(C)(C)[Si](O[C@@H]1C[C@H](CN)O[C@H](O)C1)(c1ccccc1)c1ccccc1. The van der Waals surface area contributed by atoms with Gasteiger partial charge in [0.25, 0.3) is 8.32 Å². The number of aliphatic hydroxyl groups excluding tert-OH is 1. The molecule has 1 aliphatic rings. The first-order valence-corrected chi connectivity index (χ1v) is 11.6. The van der Waals surface area contributed by atoms with Gasteiger partial charge >= 0.3 is 0 Å². The zero-order valence-electron chi connectivity index (χ0n) is 16.5. The average molecular weight is 386 g/mol. The molecule has 0 aromatic heterocycles. The molecular weight excluding hydrogens is 354 g/mol. The van der Waals surface area contributed by atoms with Crippen LogP contribution in [-0.4, -0.2) is 38.5 Å². The van der Waals surface area contributed by atoms with Gasteiger partial charge in [0.1, 0.15) is 0 Å². The first kappa shape index (κ1) is 20.2. The molecule has 2 aromatic carbocycles. The summed E-state index contributed by atoms with van der Waals surface area (Å²) in [6, 6.07) is 21.1. The molecule has 0 bridgehead atoms. The summed E-state index contributed by atoms with van der Waals surface area (Å²) in [6.07, 6.45) is 0.0973. The third-order valence-corrected chi connectivity index (χ3v) is 10.5. The van der Waals surface area contributed by atoms with Crippen molar-refractivity contribution in [3.05, 3.63) is 60.7 Å². The zero-order valence-corrected chi connectivity index (χ0v) is 17.5. The maximum atomic E-state index is 10.2. The van der Waals surface area contributed by atoms with Crippen LogP contribution in [0.5, 0.6) is 0 Å². The maximum Gasteiger partial charge on any atom is 0.261 e. The van der Waals surface area contributed by atoms with Crippen LogP contribution < -0.4 is 16.1 Å². The number of hydrogen-bond acceptors (Lipinski definition) is 4. The summed E-state index contributed by atoms with van der Waals surface area (Å²) in [5, 5.41) is 12.6. The largest absolute Gasteiger partial charge is 0.404 e. The number of benzene rings is 2. The Bertz CT molecular complexity index is 678. The second-order valence-corrected chi connectivity index (χ2v) is 12.6. The number of ether oxygens (including phenoxy) is 1. The van der Waals surface area contributed by atoms with Crippen LogP contribution >= 0.6 is 0 Å². The topological polar surface area (TPSA) is 64.7 Å². The highest BCUT2D eigenvalue weighted by Gasteiger charge is 2.52. The second kappa shape index (κ2) is 8.25. The molecule has 146 valence electrons. The molecule has 1 aliphatic heterocycles. The lowest BCUT2D eigenvalue weighted by Gasteiger charge is -2.47. The summed E-state index contributed by atoms with van der Waals surface area (Å²) >= 11 is 0. The molecule has 1 heterocycles. The third kappa shape index (κ3) is 4.17. The fraction of sp³-hybridized carbons (Fsp3) is 0.455. The van der Waals surface area contributed by atoms with E-state index in [1.54, 1.807) is 0 Å². The molecule has 2 aromatic rings. The number of rotatable bonds is 5. The first-order valence-electron chi connectivity index (χ1n) is 9.69. The van der Waals surface area contributed by atoms with Crippen molar-refractivity contribution in [3.63, 3.8) is 0 Å². The lowest BCUT2D eigenvalue weighted by molar-refractivity contribution is -0.183. The standard InChI is InChI=1S/C22H31NO3Si/c1-22(2,3)27(19-10-6-4-7-11-19,20-12-8-5-9-13-20)26-17-14-18(16-23)25-21(24)15-17/h4-13,17-18,21,24H,14-16,23H2,1-3H3/t17-,18-,21+/m1/s1. The van der Waals surface area contributed by atoms with Crippen molar-refractivity contribution in [2.45, 2.75) is 57.1 Å². The Labute approximate surface area is 163 Å². The Balaban J connectivity index is 2.09. The van der Waals surface area contributed by atoms with Gasteiger partial charge < -0.3 is 20.0 Å².